The Labute approximate surface area is 151 Å². The van der Waals surface area contributed by atoms with E-state index in [0.717, 1.165) is 22.4 Å². The first-order valence-corrected chi connectivity index (χ1v) is 8.68. The minimum Gasteiger partial charge on any atom is -0.256 e. The average Bonchev–Trinajstić information content (AvgIpc) is 2.56. The van der Waals surface area contributed by atoms with Gasteiger partial charge in [0.2, 0.25) is 0 Å². The zero-order valence-corrected chi connectivity index (χ0v) is 15.8. The first-order chi connectivity index (χ1) is 11.9. The van der Waals surface area contributed by atoms with Crippen LogP contribution in [0.1, 0.15) is 34.7 Å². The molecular formula is C24H25N. The second-order valence-corrected chi connectivity index (χ2v) is 7.02. The summed E-state index contributed by atoms with van der Waals surface area (Å²) in [6.07, 6.45) is 1.89. The summed E-state index contributed by atoms with van der Waals surface area (Å²) < 4.78 is 0. The molecule has 0 aliphatic rings. The Morgan fingerprint density at radius 1 is 0.840 bits per heavy atom. The number of aryl methyl sites for hydroxylation is 3. The number of rotatable bonds is 3. The summed E-state index contributed by atoms with van der Waals surface area (Å²) in [5.41, 5.74) is 11.9. The maximum absolute atomic E-state index is 4.68. The van der Waals surface area contributed by atoms with Gasteiger partial charge in [0.1, 0.15) is 0 Å². The van der Waals surface area contributed by atoms with Crippen LogP contribution < -0.4 is 0 Å². The molecule has 1 aromatic heterocycles. The van der Waals surface area contributed by atoms with Crippen molar-refractivity contribution in [1.82, 2.24) is 4.98 Å². The van der Waals surface area contributed by atoms with Crippen LogP contribution in [0.4, 0.5) is 0 Å². The first kappa shape index (κ1) is 17.2. The van der Waals surface area contributed by atoms with Crippen LogP contribution in [-0.4, -0.2) is 4.98 Å². The van der Waals surface area contributed by atoms with Crippen molar-refractivity contribution in [2.75, 3.05) is 0 Å². The van der Waals surface area contributed by atoms with Gasteiger partial charge in [-0.05, 0) is 74.6 Å². The number of pyridine rings is 1. The van der Waals surface area contributed by atoms with Crippen molar-refractivity contribution in [3.05, 3.63) is 83.1 Å². The molecule has 1 nitrogen and oxygen atoms in total. The van der Waals surface area contributed by atoms with E-state index < -0.39 is 0 Å². The van der Waals surface area contributed by atoms with Crippen LogP contribution in [0.25, 0.3) is 28.0 Å². The van der Waals surface area contributed by atoms with Crippen LogP contribution in [0.5, 0.6) is 0 Å². The smallest absolute Gasteiger partial charge is 0.0740 e. The summed E-state index contributed by atoms with van der Waals surface area (Å²) in [6.45, 7) is 14.8. The zero-order chi connectivity index (χ0) is 18.1. The second-order valence-electron chi connectivity index (χ2n) is 7.02. The molecule has 0 unspecified atom stereocenters. The van der Waals surface area contributed by atoms with Gasteiger partial charge < -0.3 is 0 Å². The predicted molar refractivity (Wildman–Crippen MR) is 109 cm³/mol. The van der Waals surface area contributed by atoms with Gasteiger partial charge >= 0.3 is 0 Å². The monoisotopic (exact) mass is 327 g/mol. The van der Waals surface area contributed by atoms with Gasteiger partial charge in [-0.25, -0.2) is 0 Å². The maximum Gasteiger partial charge on any atom is 0.0740 e. The molecule has 0 spiro atoms. The number of hydrogen-bond acceptors (Lipinski definition) is 1. The summed E-state index contributed by atoms with van der Waals surface area (Å²) in [4.78, 5) is 4.68. The van der Waals surface area contributed by atoms with Gasteiger partial charge in [-0.1, -0.05) is 53.6 Å². The molecule has 1 heteroatoms. The molecule has 3 rings (SSSR count). The molecule has 0 atom stereocenters. The van der Waals surface area contributed by atoms with Crippen LogP contribution in [0, 0.1) is 27.7 Å². The van der Waals surface area contributed by atoms with E-state index in [2.05, 4.69) is 88.6 Å². The van der Waals surface area contributed by atoms with Crippen LogP contribution >= 0.6 is 0 Å². The van der Waals surface area contributed by atoms with E-state index in [1.54, 1.807) is 0 Å². The van der Waals surface area contributed by atoms with Crippen molar-refractivity contribution in [2.24, 2.45) is 0 Å². The highest BCUT2D eigenvalue weighted by atomic mass is 14.7. The standard InChI is InChI=1S/C24H25N/c1-15(2)22-8-7-20(21-12-16(3)11-17(4)13-21)14-23(22)24-19(6)18(5)9-10-25-24/h7-14H,1H2,2-6H3. The Hall–Kier alpha value is -2.67. The Kier molecular flexibility index (Phi) is 4.59. The molecule has 126 valence electrons. The summed E-state index contributed by atoms with van der Waals surface area (Å²) >= 11 is 0. The lowest BCUT2D eigenvalue weighted by atomic mass is 9.91. The number of aromatic nitrogens is 1. The second kappa shape index (κ2) is 6.68. The Bertz CT molecular complexity index is 944. The topological polar surface area (TPSA) is 12.9 Å². The average molecular weight is 327 g/mol. The Balaban J connectivity index is 2.26. The van der Waals surface area contributed by atoms with Gasteiger partial charge in [0.05, 0.1) is 5.69 Å². The van der Waals surface area contributed by atoms with Crippen molar-refractivity contribution in [2.45, 2.75) is 34.6 Å². The van der Waals surface area contributed by atoms with Gasteiger partial charge in [-0.2, -0.15) is 0 Å². The molecule has 0 radical (unpaired) electrons. The Morgan fingerprint density at radius 2 is 1.52 bits per heavy atom. The van der Waals surface area contributed by atoms with Crippen molar-refractivity contribution < 1.29 is 0 Å². The molecule has 25 heavy (non-hydrogen) atoms. The third-order valence-electron chi connectivity index (χ3n) is 4.76. The summed E-state index contributed by atoms with van der Waals surface area (Å²) in [7, 11) is 0. The van der Waals surface area contributed by atoms with Gasteiger partial charge in [-0.15, -0.1) is 0 Å². The lowest BCUT2D eigenvalue weighted by molar-refractivity contribution is 1.22. The molecule has 0 saturated carbocycles. The largest absolute Gasteiger partial charge is 0.256 e. The molecule has 1 heterocycles. The van der Waals surface area contributed by atoms with Crippen LogP contribution in [-0.2, 0) is 0 Å². The molecular weight excluding hydrogens is 302 g/mol. The molecule has 0 aliphatic heterocycles. The van der Waals surface area contributed by atoms with E-state index in [1.807, 2.05) is 6.20 Å². The predicted octanol–water partition coefficient (Wildman–Crippen LogP) is 6.68. The van der Waals surface area contributed by atoms with E-state index >= 15 is 0 Å². The van der Waals surface area contributed by atoms with Crippen molar-refractivity contribution in [1.29, 1.82) is 0 Å². The molecule has 0 bridgehead atoms. The highest BCUT2D eigenvalue weighted by molar-refractivity contribution is 5.84. The lowest BCUT2D eigenvalue weighted by Crippen LogP contribution is -1.96. The van der Waals surface area contributed by atoms with Crippen LogP contribution in [0.3, 0.4) is 0 Å². The highest BCUT2D eigenvalue weighted by Crippen LogP contribution is 2.34. The van der Waals surface area contributed by atoms with E-state index in [1.165, 1.54) is 33.4 Å². The number of nitrogens with zero attached hydrogens (tertiary/aromatic N) is 1. The quantitative estimate of drug-likeness (QED) is 0.522. The fourth-order valence-corrected chi connectivity index (χ4v) is 3.34. The maximum atomic E-state index is 4.68. The highest BCUT2D eigenvalue weighted by Gasteiger charge is 2.13. The lowest BCUT2D eigenvalue weighted by Gasteiger charge is -2.15. The fourth-order valence-electron chi connectivity index (χ4n) is 3.34. The minimum absolute atomic E-state index is 1.05. The van der Waals surface area contributed by atoms with Gasteiger partial charge in [-0.3, -0.25) is 4.98 Å². The number of allylic oxidation sites excluding steroid dienone is 1. The molecule has 0 aliphatic carbocycles. The molecule has 3 aromatic rings. The molecule has 2 aromatic carbocycles. The van der Waals surface area contributed by atoms with Crippen LogP contribution in [0.15, 0.2) is 55.2 Å². The molecule has 0 fully saturated rings. The molecule has 0 amide bonds. The van der Waals surface area contributed by atoms with E-state index in [-0.39, 0.29) is 0 Å². The van der Waals surface area contributed by atoms with Crippen molar-refractivity contribution in [3.63, 3.8) is 0 Å². The number of benzene rings is 2. The van der Waals surface area contributed by atoms with Crippen molar-refractivity contribution >= 4 is 5.57 Å². The Morgan fingerprint density at radius 3 is 2.16 bits per heavy atom. The van der Waals surface area contributed by atoms with Gasteiger partial charge in [0.25, 0.3) is 0 Å². The summed E-state index contributed by atoms with van der Waals surface area (Å²) in [5.74, 6) is 0. The first-order valence-electron chi connectivity index (χ1n) is 8.68. The molecule has 0 N–H and O–H groups in total. The SMILES string of the molecule is C=C(C)c1ccc(-c2cc(C)cc(C)c2)cc1-c1nccc(C)c1C. The summed E-state index contributed by atoms with van der Waals surface area (Å²) in [5, 5.41) is 0. The van der Waals surface area contributed by atoms with Crippen LogP contribution in [0.2, 0.25) is 0 Å². The molecule has 0 saturated heterocycles. The van der Waals surface area contributed by atoms with Gasteiger partial charge in [0, 0.05) is 11.8 Å². The minimum atomic E-state index is 1.05. The summed E-state index contributed by atoms with van der Waals surface area (Å²) in [6, 6.07) is 15.4. The fraction of sp³-hybridized carbons (Fsp3) is 0.208. The van der Waals surface area contributed by atoms with E-state index in [4.69, 9.17) is 0 Å². The van der Waals surface area contributed by atoms with E-state index in [0.29, 0.717) is 0 Å². The normalized spacial score (nSPS) is 10.8. The number of hydrogen-bond donors (Lipinski definition) is 0. The third-order valence-corrected chi connectivity index (χ3v) is 4.76. The van der Waals surface area contributed by atoms with E-state index in [9.17, 15) is 0 Å². The zero-order valence-electron chi connectivity index (χ0n) is 15.8. The third kappa shape index (κ3) is 3.41. The van der Waals surface area contributed by atoms with Gasteiger partial charge in [0.15, 0.2) is 0 Å². The van der Waals surface area contributed by atoms with Crippen molar-refractivity contribution in [3.8, 4) is 22.4 Å².